The van der Waals surface area contributed by atoms with Crippen molar-refractivity contribution in [1.82, 2.24) is 20.2 Å². The van der Waals surface area contributed by atoms with Crippen LogP contribution in [0.5, 0.6) is 0 Å². The summed E-state index contributed by atoms with van der Waals surface area (Å²) in [5, 5.41) is 10.2. The maximum atomic E-state index is 14.6. The quantitative estimate of drug-likeness (QED) is 0.514. The Morgan fingerprint density at radius 1 is 1.38 bits per heavy atom. The number of thiazole rings is 1. The SMILES string of the molecule is CS(=O)c1c(F)cc2[nH]ncc2c1-c1ccc2nc(NC(=O)[C@@H]3C[C@@H]3F)sc2n1. The Kier molecular flexibility index (Phi) is 4.17. The number of halogens is 2. The molecule has 11 heteroatoms. The Bertz CT molecular complexity index is 1320. The minimum atomic E-state index is -1.59. The molecular formula is C18H13F2N5O2S2. The monoisotopic (exact) mass is 433 g/mol. The molecule has 3 heterocycles. The molecule has 0 bridgehead atoms. The van der Waals surface area contributed by atoms with Crippen molar-refractivity contribution < 1.29 is 17.8 Å². The number of amides is 1. The van der Waals surface area contributed by atoms with Crippen LogP contribution in [0, 0.1) is 11.7 Å². The molecule has 5 rings (SSSR count). The molecule has 1 aliphatic rings. The Morgan fingerprint density at radius 3 is 2.90 bits per heavy atom. The number of nitrogens with one attached hydrogen (secondary N) is 2. The second-order valence-electron chi connectivity index (χ2n) is 6.74. The molecule has 29 heavy (non-hydrogen) atoms. The number of carbonyl (C=O) groups is 1. The van der Waals surface area contributed by atoms with E-state index in [2.05, 4.69) is 25.5 Å². The topological polar surface area (TPSA) is 101 Å². The normalized spacial score (nSPS) is 19.6. The van der Waals surface area contributed by atoms with Crippen LogP contribution < -0.4 is 5.32 Å². The van der Waals surface area contributed by atoms with Crippen molar-refractivity contribution in [1.29, 1.82) is 0 Å². The van der Waals surface area contributed by atoms with Crippen LogP contribution in [0.4, 0.5) is 13.9 Å². The van der Waals surface area contributed by atoms with Crippen molar-refractivity contribution in [3.8, 4) is 11.3 Å². The third-order valence-corrected chi connectivity index (χ3v) is 6.59. The summed E-state index contributed by atoms with van der Waals surface area (Å²) in [6.07, 6.45) is 2.08. The summed E-state index contributed by atoms with van der Waals surface area (Å²) in [6, 6.07) is 4.61. The summed E-state index contributed by atoms with van der Waals surface area (Å²) in [5.41, 5.74) is 1.83. The van der Waals surface area contributed by atoms with E-state index in [1.54, 1.807) is 12.1 Å². The Morgan fingerprint density at radius 2 is 2.17 bits per heavy atom. The van der Waals surface area contributed by atoms with E-state index in [9.17, 15) is 17.8 Å². The Balaban J connectivity index is 1.61. The maximum absolute atomic E-state index is 14.6. The summed E-state index contributed by atoms with van der Waals surface area (Å²) < 4.78 is 39.9. The van der Waals surface area contributed by atoms with Gasteiger partial charge in [-0.05, 0) is 18.6 Å². The first-order valence-electron chi connectivity index (χ1n) is 8.64. The molecule has 1 aliphatic carbocycles. The highest BCUT2D eigenvalue weighted by Gasteiger charge is 2.43. The highest BCUT2D eigenvalue weighted by molar-refractivity contribution is 7.84. The summed E-state index contributed by atoms with van der Waals surface area (Å²) >= 11 is 1.14. The standard InChI is InChI=1S/C18H13F2N5O2S2/c1-29(27)15-10(20)5-13-8(6-21-25-13)14(15)11-2-3-12-17(22-11)28-18(23-12)24-16(26)7-4-9(7)19/h2-3,5-7,9H,4H2,1H3,(H,21,25)(H,23,24,26)/t7-,9+,29?/m1/s1. The van der Waals surface area contributed by atoms with E-state index >= 15 is 0 Å². The van der Waals surface area contributed by atoms with Crippen LogP contribution in [0.15, 0.2) is 29.3 Å². The number of pyridine rings is 1. The highest BCUT2D eigenvalue weighted by Crippen LogP contribution is 2.37. The zero-order valence-corrected chi connectivity index (χ0v) is 16.5. The number of aromatic amines is 1. The molecule has 4 aromatic rings. The maximum Gasteiger partial charge on any atom is 0.232 e. The highest BCUT2D eigenvalue weighted by atomic mass is 32.2. The molecule has 0 radical (unpaired) electrons. The van der Waals surface area contributed by atoms with Crippen LogP contribution in [0.25, 0.3) is 32.5 Å². The molecule has 0 saturated heterocycles. The first-order valence-corrected chi connectivity index (χ1v) is 11.0. The number of aromatic nitrogens is 4. The molecule has 7 nitrogen and oxygen atoms in total. The number of hydrogen-bond acceptors (Lipinski definition) is 6. The van der Waals surface area contributed by atoms with E-state index in [4.69, 9.17) is 0 Å². The summed E-state index contributed by atoms with van der Waals surface area (Å²) in [6.45, 7) is 0. The molecule has 3 aromatic heterocycles. The predicted octanol–water partition coefficient (Wildman–Crippen LogP) is 3.41. The van der Waals surface area contributed by atoms with Gasteiger partial charge in [0.2, 0.25) is 5.91 Å². The molecular weight excluding hydrogens is 420 g/mol. The lowest BCUT2D eigenvalue weighted by Crippen LogP contribution is -2.14. The van der Waals surface area contributed by atoms with Gasteiger partial charge in [0.25, 0.3) is 0 Å². The van der Waals surface area contributed by atoms with Gasteiger partial charge in [0.1, 0.15) is 22.3 Å². The molecule has 0 spiro atoms. The number of alkyl halides is 1. The summed E-state index contributed by atoms with van der Waals surface area (Å²) in [4.78, 5) is 21.3. The van der Waals surface area contributed by atoms with Gasteiger partial charge in [0, 0.05) is 23.3 Å². The fourth-order valence-corrected chi connectivity index (χ4v) is 4.89. The number of fused-ring (bicyclic) bond motifs is 2. The van der Waals surface area contributed by atoms with Crippen LogP contribution in [-0.2, 0) is 15.6 Å². The lowest BCUT2D eigenvalue weighted by molar-refractivity contribution is -0.117. The summed E-state index contributed by atoms with van der Waals surface area (Å²) in [7, 11) is -1.59. The van der Waals surface area contributed by atoms with Crippen LogP contribution in [0.2, 0.25) is 0 Å². The predicted molar refractivity (Wildman–Crippen MR) is 106 cm³/mol. The zero-order valence-electron chi connectivity index (χ0n) is 14.9. The first-order chi connectivity index (χ1) is 13.9. The van der Waals surface area contributed by atoms with Crippen LogP contribution in [0.3, 0.4) is 0 Å². The van der Waals surface area contributed by atoms with Crippen molar-refractivity contribution in [3.05, 3.63) is 30.2 Å². The third kappa shape index (κ3) is 3.10. The van der Waals surface area contributed by atoms with E-state index in [1.165, 1.54) is 18.5 Å². The molecule has 1 saturated carbocycles. The number of nitrogens with zero attached hydrogens (tertiary/aromatic N) is 3. The lowest BCUT2D eigenvalue weighted by atomic mass is 10.1. The molecule has 1 fully saturated rings. The lowest BCUT2D eigenvalue weighted by Gasteiger charge is -2.09. The first kappa shape index (κ1) is 18.3. The second-order valence-corrected chi connectivity index (χ2v) is 9.03. The number of H-pyrrole nitrogens is 1. The van der Waals surface area contributed by atoms with Gasteiger partial charge in [-0.2, -0.15) is 5.10 Å². The fourth-order valence-electron chi connectivity index (χ4n) is 3.22. The molecule has 0 aliphatic heterocycles. The van der Waals surface area contributed by atoms with Crippen LogP contribution in [0.1, 0.15) is 6.42 Å². The van der Waals surface area contributed by atoms with Crippen molar-refractivity contribution in [3.63, 3.8) is 0 Å². The number of hydrogen-bond donors (Lipinski definition) is 2. The van der Waals surface area contributed by atoms with Gasteiger partial charge in [-0.1, -0.05) is 11.3 Å². The van der Waals surface area contributed by atoms with Crippen molar-refractivity contribution in [2.75, 3.05) is 11.6 Å². The zero-order chi connectivity index (χ0) is 20.3. The molecule has 1 aromatic carbocycles. The minimum Gasteiger partial charge on any atom is -0.302 e. The number of carbonyl (C=O) groups excluding carboxylic acids is 1. The number of benzene rings is 1. The largest absolute Gasteiger partial charge is 0.302 e. The van der Waals surface area contributed by atoms with Gasteiger partial charge in [0.15, 0.2) is 5.13 Å². The minimum absolute atomic E-state index is 0.0477. The molecule has 3 atom stereocenters. The third-order valence-electron chi connectivity index (χ3n) is 4.73. The second kappa shape index (κ2) is 6.63. The van der Waals surface area contributed by atoms with E-state index in [-0.39, 0.29) is 11.3 Å². The van der Waals surface area contributed by atoms with Crippen molar-refractivity contribution >= 4 is 54.4 Å². The van der Waals surface area contributed by atoms with Crippen molar-refractivity contribution in [2.24, 2.45) is 5.92 Å². The van der Waals surface area contributed by atoms with Crippen molar-refractivity contribution in [2.45, 2.75) is 17.5 Å². The van der Waals surface area contributed by atoms with Gasteiger partial charge in [-0.25, -0.2) is 18.7 Å². The molecule has 1 amide bonds. The number of anilines is 1. The Labute approximate surface area is 169 Å². The molecule has 148 valence electrons. The van der Waals surface area contributed by atoms with Gasteiger partial charge < -0.3 is 5.32 Å². The van der Waals surface area contributed by atoms with Gasteiger partial charge in [-0.15, -0.1) is 0 Å². The van der Waals surface area contributed by atoms with E-state index in [0.29, 0.717) is 37.6 Å². The average Bonchev–Trinajstić information content (AvgIpc) is 3.06. The fraction of sp³-hybridized carbons (Fsp3) is 0.222. The van der Waals surface area contributed by atoms with E-state index < -0.39 is 34.6 Å². The van der Waals surface area contributed by atoms with Gasteiger partial charge >= 0.3 is 0 Å². The Hall–Kier alpha value is -2.79. The average molecular weight is 433 g/mol. The molecule has 2 N–H and O–H groups in total. The van der Waals surface area contributed by atoms with E-state index in [0.717, 1.165) is 11.3 Å². The van der Waals surface area contributed by atoms with Gasteiger partial charge in [-0.3, -0.25) is 14.1 Å². The van der Waals surface area contributed by atoms with Gasteiger partial charge in [0.05, 0.1) is 39.0 Å². The summed E-state index contributed by atoms with van der Waals surface area (Å²) in [5.74, 6) is -1.62. The van der Waals surface area contributed by atoms with E-state index in [1.807, 2.05) is 0 Å². The van der Waals surface area contributed by atoms with Crippen LogP contribution >= 0.6 is 11.3 Å². The smallest absolute Gasteiger partial charge is 0.232 e. The number of rotatable bonds is 4. The molecule has 1 unspecified atom stereocenters. The van der Waals surface area contributed by atoms with Crippen LogP contribution in [-0.4, -0.2) is 42.7 Å².